The minimum atomic E-state index is -0.0411. The van der Waals surface area contributed by atoms with Crippen molar-refractivity contribution >= 4 is 34.5 Å². The van der Waals surface area contributed by atoms with Crippen molar-refractivity contribution in [2.24, 2.45) is 5.41 Å². The molecule has 0 saturated heterocycles. The number of aromatic nitrogens is 2. The standard InChI is InChI=1S/C22H22ClN3O3S/c1-22(2,3)12-29-16-6-5-15(8-17(16)28-4)26-11-13-7-18(30-19(13)21(26)27)20-24-9-14(23)10-25-20/h5-10H,11-12H2,1-4H3. The number of amides is 1. The summed E-state index contributed by atoms with van der Waals surface area (Å²) in [6.07, 6.45) is 3.11. The first-order chi connectivity index (χ1) is 14.2. The van der Waals surface area contributed by atoms with E-state index in [0.717, 1.165) is 16.1 Å². The Morgan fingerprint density at radius 1 is 1.17 bits per heavy atom. The summed E-state index contributed by atoms with van der Waals surface area (Å²) >= 11 is 7.26. The number of hydrogen-bond donors (Lipinski definition) is 0. The molecule has 30 heavy (non-hydrogen) atoms. The summed E-state index contributed by atoms with van der Waals surface area (Å²) in [4.78, 5) is 24.8. The first-order valence-electron chi connectivity index (χ1n) is 9.48. The molecule has 0 saturated carbocycles. The maximum Gasteiger partial charge on any atom is 0.269 e. The van der Waals surface area contributed by atoms with Crippen molar-refractivity contribution in [2.45, 2.75) is 27.3 Å². The van der Waals surface area contributed by atoms with Gasteiger partial charge in [0.25, 0.3) is 5.91 Å². The highest BCUT2D eigenvalue weighted by atomic mass is 35.5. The smallest absolute Gasteiger partial charge is 0.269 e. The Morgan fingerprint density at radius 3 is 2.53 bits per heavy atom. The largest absolute Gasteiger partial charge is 0.493 e. The number of methoxy groups -OCH3 is 1. The lowest BCUT2D eigenvalue weighted by Crippen LogP contribution is -2.23. The zero-order valence-electron chi connectivity index (χ0n) is 17.2. The van der Waals surface area contributed by atoms with Gasteiger partial charge in [-0.15, -0.1) is 11.3 Å². The van der Waals surface area contributed by atoms with Gasteiger partial charge in [0.05, 0.1) is 35.0 Å². The zero-order valence-corrected chi connectivity index (χ0v) is 18.8. The zero-order chi connectivity index (χ0) is 21.5. The van der Waals surface area contributed by atoms with Crippen LogP contribution in [0.25, 0.3) is 10.7 Å². The molecule has 1 aliphatic rings. The molecule has 0 bridgehead atoms. The lowest BCUT2D eigenvalue weighted by atomic mass is 9.99. The molecule has 0 radical (unpaired) electrons. The van der Waals surface area contributed by atoms with Crippen molar-refractivity contribution in [3.05, 3.63) is 52.1 Å². The molecule has 0 N–H and O–H groups in total. The molecule has 3 aromatic rings. The average molecular weight is 444 g/mol. The molecule has 6 nitrogen and oxygen atoms in total. The number of fused-ring (bicyclic) bond motifs is 1. The molecule has 2 aromatic heterocycles. The Bertz CT molecular complexity index is 1090. The van der Waals surface area contributed by atoms with E-state index in [1.165, 1.54) is 11.3 Å². The first kappa shape index (κ1) is 20.6. The summed E-state index contributed by atoms with van der Waals surface area (Å²) in [7, 11) is 1.60. The fourth-order valence-electron chi connectivity index (χ4n) is 3.09. The summed E-state index contributed by atoms with van der Waals surface area (Å²) in [6, 6.07) is 7.56. The van der Waals surface area contributed by atoms with Gasteiger partial charge in [-0.05, 0) is 29.2 Å². The van der Waals surface area contributed by atoms with Gasteiger partial charge in [-0.1, -0.05) is 32.4 Å². The van der Waals surface area contributed by atoms with Crippen LogP contribution in [0.15, 0.2) is 36.7 Å². The predicted molar refractivity (Wildman–Crippen MR) is 119 cm³/mol. The van der Waals surface area contributed by atoms with Gasteiger partial charge in [0.15, 0.2) is 17.3 Å². The van der Waals surface area contributed by atoms with E-state index in [9.17, 15) is 4.79 Å². The number of benzene rings is 1. The number of carbonyl (C=O) groups excluding carboxylic acids is 1. The van der Waals surface area contributed by atoms with Crippen LogP contribution in [-0.2, 0) is 6.54 Å². The number of thiophene rings is 1. The number of rotatable bonds is 5. The number of nitrogens with zero attached hydrogens (tertiary/aromatic N) is 3. The van der Waals surface area contributed by atoms with Crippen molar-refractivity contribution in [1.82, 2.24) is 9.97 Å². The summed E-state index contributed by atoms with van der Waals surface area (Å²) in [5.41, 5.74) is 1.77. The summed E-state index contributed by atoms with van der Waals surface area (Å²) in [6.45, 7) is 7.39. The Labute approximate surface area is 184 Å². The minimum absolute atomic E-state index is 0.0361. The third kappa shape index (κ3) is 4.13. The molecule has 0 spiro atoms. The van der Waals surface area contributed by atoms with Crippen LogP contribution >= 0.6 is 22.9 Å². The van der Waals surface area contributed by atoms with E-state index in [2.05, 4.69) is 30.7 Å². The molecular weight excluding hydrogens is 422 g/mol. The summed E-state index contributed by atoms with van der Waals surface area (Å²) in [5, 5.41) is 0.481. The normalized spacial score (nSPS) is 13.5. The van der Waals surface area contributed by atoms with Crippen LogP contribution < -0.4 is 14.4 Å². The number of anilines is 1. The second kappa shape index (κ2) is 7.89. The van der Waals surface area contributed by atoms with Gasteiger partial charge in [0.2, 0.25) is 0 Å². The molecule has 1 aliphatic heterocycles. The topological polar surface area (TPSA) is 64.5 Å². The highest BCUT2D eigenvalue weighted by Crippen LogP contribution is 2.40. The number of hydrogen-bond acceptors (Lipinski definition) is 6. The van der Waals surface area contributed by atoms with E-state index in [4.69, 9.17) is 21.1 Å². The number of halogens is 1. The van der Waals surface area contributed by atoms with Crippen LogP contribution in [0, 0.1) is 5.41 Å². The molecule has 0 atom stereocenters. The van der Waals surface area contributed by atoms with Gasteiger partial charge in [-0.3, -0.25) is 4.79 Å². The van der Waals surface area contributed by atoms with Crippen LogP contribution in [0.3, 0.4) is 0 Å². The Kier molecular flexibility index (Phi) is 5.42. The van der Waals surface area contributed by atoms with E-state index >= 15 is 0 Å². The first-order valence-corrected chi connectivity index (χ1v) is 10.7. The van der Waals surface area contributed by atoms with Crippen LogP contribution in [0.5, 0.6) is 11.5 Å². The lowest BCUT2D eigenvalue weighted by Gasteiger charge is -2.22. The average Bonchev–Trinajstić information content (AvgIpc) is 3.26. The van der Waals surface area contributed by atoms with Gasteiger partial charge in [0.1, 0.15) is 0 Å². The highest BCUT2D eigenvalue weighted by molar-refractivity contribution is 7.17. The van der Waals surface area contributed by atoms with Crippen LogP contribution in [0.1, 0.15) is 36.0 Å². The van der Waals surface area contributed by atoms with Crippen LogP contribution in [0.4, 0.5) is 5.69 Å². The fourth-order valence-corrected chi connectivity index (χ4v) is 4.26. The molecule has 0 aliphatic carbocycles. The maximum atomic E-state index is 13.0. The summed E-state index contributed by atoms with van der Waals surface area (Å²) < 4.78 is 11.4. The minimum Gasteiger partial charge on any atom is -0.493 e. The highest BCUT2D eigenvalue weighted by Gasteiger charge is 2.32. The van der Waals surface area contributed by atoms with Crippen molar-refractivity contribution in [3.8, 4) is 22.2 Å². The Balaban J connectivity index is 1.55. The van der Waals surface area contributed by atoms with Gasteiger partial charge in [-0.2, -0.15) is 0 Å². The second-order valence-electron chi connectivity index (χ2n) is 8.27. The Hall–Kier alpha value is -2.64. The molecule has 1 amide bonds. The third-order valence-electron chi connectivity index (χ3n) is 4.54. The lowest BCUT2D eigenvalue weighted by molar-refractivity contribution is 0.1000. The van der Waals surface area contributed by atoms with Crippen molar-refractivity contribution in [2.75, 3.05) is 18.6 Å². The maximum absolute atomic E-state index is 13.0. The quantitative estimate of drug-likeness (QED) is 0.524. The molecule has 0 unspecified atom stereocenters. The number of ether oxygens (including phenoxy) is 2. The van der Waals surface area contributed by atoms with Gasteiger partial charge in [0, 0.05) is 24.1 Å². The second-order valence-corrected chi connectivity index (χ2v) is 9.75. The summed E-state index contributed by atoms with van der Waals surface area (Å²) in [5.74, 6) is 1.80. The van der Waals surface area contributed by atoms with E-state index in [1.54, 1.807) is 24.4 Å². The molecule has 8 heteroatoms. The van der Waals surface area contributed by atoms with Gasteiger partial charge < -0.3 is 14.4 Å². The van der Waals surface area contributed by atoms with E-state index in [0.29, 0.717) is 40.4 Å². The monoisotopic (exact) mass is 443 g/mol. The van der Waals surface area contributed by atoms with Crippen molar-refractivity contribution in [1.29, 1.82) is 0 Å². The van der Waals surface area contributed by atoms with Crippen LogP contribution in [-0.4, -0.2) is 29.6 Å². The van der Waals surface area contributed by atoms with Gasteiger partial charge >= 0.3 is 0 Å². The molecular formula is C22H22ClN3O3S. The van der Waals surface area contributed by atoms with Crippen LogP contribution in [0.2, 0.25) is 5.02 Å². The third-order valence-corrected chi connectivity index (χ3v) is 5.89. The number of carbonyl (C=O) groups is 1. The Morgan fingerprint density at radius 2 is 1.90 bits per heavy atom. The van der Waals surface area contributed by atoms with E-state index in [-0.39, 0.29) is 11.3 Å². The molecule has 4 rings (SSSR count). The fraction of sp³-hybridized carbons (Fsp3) is 0.318. The molecule has 0 fully saturated rings. The predicted octanol–water partition coefficient (Wildman–Crippen LogP) is 5.45. The molecule has 3 heterocycles. The van der Waals surface area contributed by atoms with Gasteiger partial charge in [-0.25, -0.2) is 9.97 Å². The van der Waals surface area contributed by atoms with E-state index in [1.807, 2.05) is 24.3 Å². The molecule has 1 aromatic carbocycles. The van der Waals surface area contributed by atoms with Crippen molar-refractivity contribution < 1.29 is 14.3 Å². The molecule has 156 valence electrons. The van der Waals surface area contributed by atoms with E-state index < -0.39 is 0 Å². The SMILES string of the molecule is COc1cc(N2Cc3cc(-c4ncc(Cl)cn4)sc3C2=O)ccc1OCC(C)(C)C. The van der Waals surface area contributed by atoms with Crippen molar-refractivity contribution in [3.63, 3.8) is 0 Å².